The van der Waals surface area contributed by atoms with E-state index in [0.717, 1.165) is 25.5 Å². The maximum atomic E-state index is 11.5. The third-order valence-electron chi connectivity index (χ3n) is 2.75. The highest BCUT2D eigenvalue weighted by atomic mass is 16.5. The number of unbranched alkanes of at least 4 members (excludes halogenated alkanes) is 2. The molecular formula is C14H22O4. The van der Waals surface area contributed by atoms with Crippen LogP contribution >= 0.6 is 0 Å². The van der Waals surface area contributed by atoms with E-state index in [1.807, 2.05) is 0 Å². The first-order valence-corrected chi connectivity index (χ1v) is 6.40. The third kappa shape index (κ3) is 6.99. The lowest BCUT2D eigenvalue weighted by molar-refractivity contribution is -0.144. The summed E-state index contributed by atoms with van der Waals surface area (Å²) in [5, 5.41) is 0. The molecule has 0 heterocycles. The molecule has 0 rings (SSSR count). The standard InChI is InChI=1S/C14H22O4/c1-3-5-6-9-18-14(17)10-13(7-8-15)12(4-2)11-16/h4,8,11,13H,3,5-7,9-10H2,1-2H3/b12-4-. The number of allylic oxidation sites excluding steroid dienone is 2. The highest BCUT2D eigenvalue weighted by molar-refractivity contribution is 5.78. The average molecular weight is 254 g/mol. The van der Waals surface area contributed by atoms with E-state index in [1.54, 1.807) is 13.0 Å². The maximum absolute atomic E-state index is 11.5. The summed E-state index contributed by atoms with van der Waals surface area (Å²) in [5.74, 6) is -0.706. The van der Waals surface area contributed by atoms with Crippen LogP contribution in [0.2, 0.25) is 0 Å². The van der Waals surface area contributed by atoms with E-state index in [0.29, 0.717) is 18.5 Å². The van der Waals surface area contributed by atoms with Gasteiger partial charge in [0.15, 0.2) is 0 Å². The second-order valence-electron chi connectivity index (χ2n) is 4.14. The van der Waals surface area contributed by atoms with Crippen LogP contribution in [-0.4, -0.2) is 25.1 Å². The van der Waals surface area contributed by atoms with Crippen LogP contribution in [0, 0.1) is 5.92 Å². The molecule has 4 heteroatoms. The van der Waals surface area contributed by atoms with Gasteiger partial charge in [0.05, 0.1) is 13.0 Å². The lowest BCUT2D eigenvalue weighted by Crippen LogP contribution is -2.15. The normalized spacial score (nSPS) is 12.9. The summed E-state index contributed by atoms with van der Waals surface area (Å²) in [5.41, 5.74) is 0.479. The summed E-state index contributed by atoms with van der Waals surface area (Å²) in [6, 6.07) is 0. The van der Waals surface area contributed by atoms with Gasteiger partial charge in [0, 0.05) is 12.3 Å². The minimum Gasteiger partial charge on any atom is -0.466 e. The van der Waals surface area contributed by atoms with Crippen molar-refractivity contribution in [2.45, 2.75) is 46.0 Å². The van der Waals surface area contributed by atoms with E-state index in [1.165, 1.54) is 0 Å². The lowest BCUT2D eigenvalue weighted by Gasteiger charge is -2.13. The summed E-state index contributed by atoms with van der Waals surface area (Å²) in [6.07, 6.45) is 6.25. The number of rotatable bonds is 10. The molecule has 0 spiro atoms. The number of hydrogen-bond acceptors (Lipinski definition) is 4. The molecule has 102 valence electrons. The Morgan fingerprint density at radius 1 is 1.28 bits per heavy atom. The molecule has 1 atom stereocenters. The van der Waals surface area contributed by atoms with Gasteiger partial charge >= 0.3 is 5.97 Å². The molecule has 1 unspecified atom stereocenters. The fourth-order valence-electron chi connectivity index (χ4n) is 1.65. The number of aldehydes is 2. The van der Waals surface area contributed by atoms with E-state index in [2.05, 4.69) is 6.92 Å². The molecule has 4 nitrogen and oxygen atoms in total. The molecule has 0 fully saturated rings. The highest BCUT2D eigenvalue weighted by Gasteiger charge is 2.18. The van der Waals surface area contributed by atoms with E-state index >= 15 is 0 Å². The van der Waals surface area contributed by atoms with Gasteiger partial charge in [-0.05, 0) is 18.9 Å². The molecule has 0 aliphatic heterocycles. The Hall–Kier alpha value is -1.45. The van der Waals surface area contributed by atoms with E-state index in [9.17, 15) is 14.4 Å². The van der Waals surface area contributed by atoms with Gasteiger partial charge < -0.3 is 9.53 Å². The molecule has 18 heavy (non-hydrogen) atoms. The largest absolute Gasteiger partial charge is 0.466 e. The Morgan fingerprint density at radius 2 is 2.00 bits per heavy atom. The van der Waals surface area contributed by atoms with Crippen molar-refractivity contribution < 1.29 is 19.1 Å². The van der Waals surface area contributed by atoms with Gasteiger partial charge in [-0.3, -0.25) is 9.59 Å². The molecular weight excluding hydrogens is 232 g/mol. The van der Waals surface area contributed by atoms with Gasteiger partial charge in [-0.15, -0.1) is 0 Å². The first-order valence-electron chi connectivity index (χ1n) is 6.40. The number of carbonyl (C=O) groups excluding carboxylic acids is 3. The molecule has 0 saturated carbocycles. The van der Waals surface area contributed by atoms with Crippen LogP contribution in [0.25, 0.3) is 0 Å². The Kier molecular flexibility index (Phi) is 9.83. The summed E-state index contributed by atoms with van der Waals surface area (Å²) in [6.45, 7) is 4.20. The fraction of sp³-hybridized carbons (Fsp3) is 0.643. The van der Waals surface area contributed by atoms with Crippen molar-refractivity contribution in [2.75, 3.05) is 6.61 Å². The van der Waals surface area contributed by atoms with Gasteiger partial charge in [-0.1, -0.05) is 25.8 Å². The second kappa shape index (κ2) is 10.7. The van der Waals surface area contributed by atoms with Gasteiger partial charge in [0.25, 0.3) is 0 Å². The number of esters is 1. The molecule has 0 aliphatic rings. The Bertz CT molecular complexity index is 294. The molecule has 0 saturated heterocycles. The third-order valence-corrected chi connectivity index (χ3v) is 2.75. The predicted molar refractivity (Wildman–Crippen MR) is 69.1 cm³/mol. The van der Waals surface area contributed by atoms with Crippen LogP contribution < -0.4 is 0 Å². The quantitative estimate of drug-likeness (QED) is 0.260. The predicted octanol–water partition coefficient (Wildman–Crippen LogP) is 2.46. The minimum absolute atomic E-state index is 0.0866. The number of ether oxygens (including phenoxy) is 1. The van der Waals surface area contributed by atoms with Crippen LogP contribution in [0.3, 0.4) is 0 Å². The number of hydrogen-bond donors (Lipinski definition) is 0. The molecule has 0 amide bonds. The minimum atomic E-state index is -0.358. The van der Waals surface area contributed by atoms with E-state index in [4.69, 9.17) is 4.74 Å². The van der Waals surface area contributed by atoms with E-state index in [-0.39, 0.29) is 24.7 Å². The van der Waals surface area contributed by atoms with Crippen molar-refractivity contribution >= 4 is 18.5 Å². The molecule has 0 N–H and O–H groups in total. The molecule has 0 aliphatic carbocycles. The maximum Gasteiger partial charge on any atom is 0.306 e. The first kappa shape index (κ1) is 16.6. The topological polar surface area (TPSA) is 60.4 Å². The summed E-state index contributed by atoms with van der Waals surface area (Å²) < 4.78 is 5.06. The Labute approximate surface area is 108 Å². The van der Waals surface area contributed by atoms with Crippen molar-refractivity contribution in [1.29, 1.82) is 0 Å². The van der Waals surface area contributed by atoms with Crippen molar-refractivity contribution in [2.24, 2.45) is 5.92 Å². The molecule has 0 aromatic heterocycles. The Morgan fingerprint density at radius 3 is 2.50 bits per heavy atom. The zero-order valence-corrected chi connectivity index (χ0v) is 11.2. The molecule has 0 aromatic carbocycles. The number of carbonyl (C=O) groups is 3. The van der Waals surface area contributed by atoms with Crippen molar-refractivity contribution in [3.05, 3.63) is 11.6 Å². The monoisotopic (exact) mass is 254 g/mol. The summed E-state index contributed by atoms with van der Waals surface area (Å²) >= 11 is 0. The van der Waals surface area contributed by atoms with Crippen molar-refractivity contribution in [1.82, 2.24) is 0 Å². The SMILES string of the molecule is C/C=C(/C=O)C(CC=O)CC(=O)OCCCCC. The average Bonchev–Trinajstić information content (AvgIpc) is 2.36. The Balaban J connectivity index is 4.19. The van der Waals surface area contributed by atoms with E-state index < -0.39 is 0 Å². The van der Waals surface area contributed by atoms with Crippen LogP contribution in [0.15, 0.2) is 11.6 Å². The lowest BCUT2D eigenvalue weighted by atomic mass is 9.93. The zero-order valence-electron chi connectivity index (χ0n) is 11.2. The van der Waals surface area contributed by atoms with Gasteiger partial charge in [0.2, 0.25) is 0 Å². The smallest absolute Gasteiger partial charge is 0.306 e. The van der Waals surface area contributed by atoms with Crippen LogP contribution in [0.1, 0.15) is 46.0 Å². The summed E-state index contributed by atoms with van der Waals surface area (Å²) in [4.78, 5) is 32.9. The fourth-order valence-corrected chi connectivity index (χ4v) is 1.65. The van der Waals surface area contributed by atoms with Crippen LogP contribution in [0.4, 0.5) is 0 Å². The highest BCUT2D eigenvalue weighted by Crippen LogP contribution is 2.17. The summed E-state index contributed by atoms with van der Waals surface area (Å²) in [7, 11) is 0. The van der Waals surface area contributed by atoms with Crippen molar-refractivity contribution in [3.63, 3.8) is 0 Å². The molecule has 0 aromatic rings. The molecule has 0 bridgehead atoms. The van der Waals surface area contributed by atoms with Gasteiger partial charge in [-0.25, -0.2) is 0 Å². The first-order chi connectivity index (χ1) is 8.69. The van der Waals surface area contributed by atoms with Crippen LogP contribution in [0.5, 0.6) is 0 Å². The van der Waals surface area contributed by atoms with Crippen molar-refractivity contribution in [3.8, 4) is 0 Å². The zero-order chi connectivity index (χ0) is 13.8. The van der Waals surface area contributed by atoms with Crippen LogP contribution in [-0.2, 0) is 19.1 Å². The second-order valence-corrected chi connectivity index (χ2v) is 4.14. The van der Waals surface area contributed by atoms with Gasteiger partial charge in [-0.2, -0.15) is 0 Å². The molecule has 0 radical (unpaired) electrons. The van der Waals surface area contributed by atoms with Gasteiger partial charge in [0.1, 0.15) is 12.6 Å².